The molecule has 3 heterocycles. The zero-order valence-corrected chi connectivity index (χ0v) is 36.3. The van der Waals surface area contributed by atoms with Gasteiger partial charge >= 0.3 is 5.97 Å². The number of hydrogen-bond donors (Lipinski definition) is 1. The number of carbonyl (C=O) groups excluding carboxylic acids is 4. The van der Waals surface area contributed by atoms with Gasteiger partial charge in [0.05, 0.1) is 47.9 Å². The third kappa shape index (κ3) is 9.29. The van der Waals surface area contributed by atoms with Gasteiger partial charge in [-0.3, -0.25) is 23.9 Å². The highest BCUT2D eigenvalue weighted by molar-refractivity contribution is 7.91. The summed E-state index contributed by atoms with van der Waals surface area (Å²) in [6, 6.07) is 4.62. The molecule has 1 saturated heterocycles. The molecule has 0 bridgehead atoms. The number of rotatable bonds is 11. The van der Waals surface area contributed by atoms with E-state index in [1.165, 1.54) is 4.90 Å². The number of sulfonamides is 1. The molecule has 1 N–H and O–H groups in total. The van der Waals surface area contributed by atoms with Crippen molar-refractivity contribution in [2.24, 2.45) is 29.1 Å². The molecule has 0 radical (unpaired) electrons. The highest BCUT2D eigenvalue weighted by Gasteiger charge is 2.63. The molecule has 1 aromatic heterocycles. The Kier molecular flexibility index (Phi) is 12.3. The first-order valence-corrected chi connectivity index (χ1v) is 22.3. The van der Waals surface area contributed by atoms with Crippen molar-refractivity contribution < 1.29 is 50.6 Å². The topological polar surface area (TPSA) is 158 Å². The lowest BCUT2D eigenvalue weighted by atomic mass is 9.82. The molecule has 2 aliphatic carbocycles. The zero-order valence-electron chi connectivity index (χ0n) is 35.4. The van der Waals surface area contributed by atoms with Gasteiger partial charge in [0.15, 0.2) is 11.4 Å². The Balaban J connectivity index is 1.36. The fourth-order valence-corrected chi connectivity index (χ4v) is 9.84. The second-order valence-electron chi connectivity index (χ2n) is 18.4. The minimum absolute atomic E-state index is 0.0262. The van der Waals surface area contributed by atoms with Gasteiger partial charge in [-0.1, -0.05) is 37.6 Å². The van der Waals surface area contributed by atoms with Crippen LogP contribution in [0, 0.1) is 36.0 Å². The van der Waals surface area contributed by atoms with Crippen molar-refractivity contribution in [1.29, 1.82) is 0 Å². The molecule has 2 aliphatic heterocycles. The van der Waals surface area contributed by atoms with Crippen molar-refractivity contribution in [3.63, 3.8) is 0 Å². The number of fused-ring (bicyclic) bond motifs is 3. The van der Waals surface area contributed by atoms with Gasteiger partial charge in [0.1, 0.15) is 11.9 Å². The number of halogens is 2. The van der Waals surface area contributed by atoms with E-state index in [1.54, 1.807) is 13.1 Å². The number of hydrogen-bond acceptors (Lipinski definition) is 10. The number of benzene rings is 1. The van der Waals surface area contributed by atoms with Gasteiger partial charge in [-0.25, -0.2) is 22.2 Å². The van der Waals surface area contributed by atoms with Gasteiger partial charge in [-0.2, -0.15) is 0 Å². The molecule has 2 amide bonds. The summed E-state index contributed by atoms with van der Waals surface area (Å²) in [5.41, 5.74) is -2.50. The molecule has 2 aromatic rings. The van der Waals surface area contributed by atoms with Gasteiger partial charge in [-0.05, 0) is 103 Å². The number of Topliss-reactive ketones (excluding diaryl/α,β-unsaturated/α-hetero) is 1. The Bertz CT molecular complexity index is 2110. The van der Waals surface area contributed by atoms with Crippen molar-refractivity contribution in [2.45, 2.75) is 142 Å². The van der Waals surface area contributed by atoms with E-state index in [0.717, 1.165) is 24.8 Å². The number of carbonyl (C=O) groups is 4. The zero-order chi connectivity index (χ0) is 43.3. The summed E-state index contributed by atoms with van der Waals surface area (Å²) >= 11 is 0. The van der Waals surface area contributed by atoms with Gasteiger partial charge in [0.2, 0.25) is 27.7 Å². The van der Waals surface area contributed by atoms with E-state index in [4.69, 9.17) is 14.2 Å². The van der Waals surface area contributed by atoms with Gasteiger partial charge in [0.25, 0.3) is 5.92 Å². The number of aromatic nitrogens is 1. The molecule has 324 valence electrons. The first-order valence-electron chi connectivity index (χ1n) is 20.9. The number of allylic oxidation sites excluding steroid dienone is 2. The van der Waals surface area contributed by atoms with E-state index < -0.39 is 91.6 Å². The second kappa shape index (κ2) is 16.4. The van der Waals surface area contributed by atoms with E-state index in [0.29, 0.717) is 56.8 Å². The summed E-state index contributed by atoms with van der Waals surface area (Å²) < 4.78 is 74.4. The predicted octanol–water partition coefficient (Wildman–Crippen LogP) is 7.25. The Labute approximate surface area is 346 Å². The highest BCUT2D eigenvalue weighted by atomic mass is 32.2. The number of alkyl halides is 2. The Morgan fingerprint density at radius 1 is 1.08 bits per heavy atom. The minimum Gasteiger partial charge on any atom is -0.492 e. The third-order valence-corrected chi connectivity index (χ3v) is 15.3. The maximum absolute atomic E-state index is 15.0. The summed E-state index contributed by atoms with van der Waals surface area (Å²) in [4.78, 5) is 63.1. The lowest BCUT2D eigenvalue weighted by Crippen LogP contribution is -2.49. The van der Waals surface area contributed by atoms with Gasteiger partial charge < -0.3 is 19.1 Å². The van der Waals surface area contributed by atoms with Crippen LogP contribution in [0.4, 0.5) is 8.78 Å². The molecular formula is C44H59F2N3O9S. The molecule has 4 aliphatic rings. The maximum atomic E-state index is 15.0. The van der Waals surface area contributed by atoms with Crippen LogP contribution < -0.4 is 14.2 Å². The van der Waals surface area contributed by atoms with Crippen LogP contribution in [0.5, 0.6) is 11.6 Å². The average Bonchev–Trinajstić information content (AvgIpc) is 4.02. The molecule has 1 aromatic carbocycles. The van der Waals surface area contributed by atoms with Crippen LogP contribution in [0.25, 0.3) is 10.8 Å². The predicted molar refractivity (Wildman–Crippen MR) is 217 cm³/mol. The van der Waals surface area contributed by atoms with Crippen LogP contribution in [-0.4, -0.2) is 83.4 Å². The number of ether oxygens (including phenoxy) is 3. The number of ketones is 1. The van der Waals surface area contributed by atoms with Crippen molar-refractivity contribution in [2.75, 3.05) is 13.2 Å². The summed E-state index contributed by atoms with van der Waals surface area (Å²) in [6.45, 7) is 12.5. The first kappa shape index (κ1) is 44.4. The Morgan fingerprint density at radius 3 is 2.46 bits per heavy atom. The SMILES string of the molecule is CCOc1cnc(O[C@@H]2C[C@H]3C(=O)C[C@]4(C(=O)NS(=O)(=O)C5(C)CC5)C[C@H]4/C=C\CC[C@@H](C)C[C@@H](C)[C@H](CC(=O)OC(C)(C)C(C)(F)F)C(=O)N3C2)c2ccc(C)cc12. The largest absolute Gasteiger partial charge is 0.492 e. The molecule has 15 heteroatoms. The molecule has 6 rings (SSSR count). The van der Waals surface area contributed by atoms with E-state index in [2.05, 4.69) is 9.71 Å². The minimum atomic E-state index is -4.01. The van der Waals surface area contributed by atoms with Gasteiger partial charge in [0, 0.05) is 30.5 Å². The van der Waals surface area contributed by atoms with E-state index in [1.807, 2.05) is 58.0 Å². The number of esters is 1. The van der Waals surface area contributed by atoms with Crippen LogP contribution in [0.1, 0.15) is 112 Å². The van der Waals surface area contributed by atoms with Crippen molar-refractivity contribution in [3.8, 4) is 11.6 Å². The highest BCUT2D eigenvalue weighted by Crippen LogP contribution is 2.58. The van der Waals surface area contributed by atoms with E-state index >= 15 is 0 Å². The third-order valence-electron chi connectivity index (χ3n) is 13.2. The standard InChI is InChI=1S/C44H59F2N3O9S/c1-9-56-36-24-47-38(31-15-14-27(3)19-33(31)36)57-30-20-34-35(50)23-44(40(53)48-59(54,55)42(7)16-17-42)22-29(44)13-11-10-12-26(2)18-28(4)32(39(52)49(34)25-30)21-37(51)58-41(5,6)43(8,45)46/h11,13-15,19,24,26,28-30,32,34H,9-10,12,16-18,20-23,25H2,1-8H3,(H,48,53)/b13-11-/t26-,28-,29-,30-,32+,34+,44-/m1/s1. The Hall–Kier alpha value is -4.14. The number of amides is 2. The monoisotopic (exact) mass is 843 g/mol. The molecule has 3 fully saturated rings. The Morgan fingerprint density at radius 2 is 1.80 bits per heavy atom. The van der Waals surface area contributed by atoms with Crippen molar-refractivity contribution in [3.05, 3.63) is 42.1 Å². The summed E-state index contributed by atoms with van der Waals surface area (Å²) in [6.07, 6.45) is 6.83. The lowest BCUT2D eigenvalue weighted by Gasteiger charge is -2.34. The summed E-state index contributed by atoms with van der Waals surface area (Å²) in [5, 5.41) is 1.44. The smallest absolute Gasteiger partial charge is 0.307 e. The first-order chi connectivity index (χ1) is 27.5. The molecular weight excluding hydrogens is 785 g/mol. The molecule has 12 nitrogen and oxygen atoms in total. The quantitative estimate of drug-likeness (QED) is 0.181. The number of nitrogens with zero attached hydrogens (tertiary/aromatic N) is 2. The normalized spacial score (nSPS) is 29.4. The fraction of sp³-hybridized carbons (Fsp3) is 0.659. The molecule has 0 spiro atoms. The summed E-state index contributed by atoms with van der Waals surface area (Å²) in [7, 11) is -4.01. The lowest BCUT2D eigenvalue weighted by molar-refractivity contribution is -0.197. The second-order valence-corrected chi connectivity index (χ2v) is 20.6. The summed E-state index contributed by atoms with van der Waals surface area (Å²) in [5.74, 6) is -6.98. The molecule has 0 unspecified atom stereocenters. The number of pyridine rings is 1. The fourth-order valence-electron chi connectivity index (χ4n) is 8.51. The van der Waals surface area contributed by atoms with E-state index in [-0.39, 0.29) is 37.6 Å². The van der Waals surface area contributed by atoms with E-state index in [9.17, 15) is 36.4 Å². The molecule has 59 heavy (non-hydrogen) atoms. The van der Waals surface area contributed by atoms with Gasteiger partial charge in [-0.15, -0.1) is 0 Å². The molecule has 2 saturated carbocycles. The van der Waals surface area contributed by atoms with Crippen LogP contribution in [0.3, 0.4) is 0 Å². The molecule has 7 atom stereocenters. The van der Waals surface area contributed by atoms with Crippen LogP contribution in [0.15, 0.2) is 36.5 Å². The van der Waals surface area contributed by atoms with Crippen molar-refractivity contribution >= 4 is 44.4 Å². The van der Waals surface area contributed by atoms with Crippen molar-refractivity contribution in [1.82, 2.24) is 14.6 Å². The van der Waals surface area contributed by atoms with Crippen LogP contribution in [-0.2, 0) is 33.9 Å². The number of nitrogens with one attached hydrogen (secondary N) is 1. The average molecular weight is 844 g/mol. The van der Waals surface area contributed by atoms with Crippen LogP contribution >= 0.6 is 0 Å². The maximum Gasteiger partial charge on any atom is 0.307 e. The number of aryl methyl sites for hydroxylation is 1. The van der Waals surface area contributed by atoms with Crippen LogP contribution in [0.2, 0.25) is 0 Å².